The lowest BCUT2D eigenvalue weighted by molar-refractivity contribution is 0.112. The van der Waals surface area contributed by atoms with Crippen molar-refractivity contribution in [1.29, 1.82) is 0 Å². The average Bonchev–Trinajstić information content (AvgIpc) is 2.16. The lowest BCUT2D eigenvalue weighted by Crippen LogP contribution is -1.89. The molecule has 1 aromatic rings. The molecule has 0 atom stereocenters. The monoisotopic (exact) mass is 181 g/mol. The normalized spacial score (nSPS) is 11.2. The van der Waals surface area contributed by atoms with E-state index in [4.69, 9.17) is 17.3 Å². The van der Waals surface area contributed by atoms with E-state index in [-0.39, 0.29) is 0 Å². The molecule has 0 aliphatic rings. The number of hydrogen-bond acceptors (Lipinski definition) is 2. The van der Waals surface area contributed by atoms with Crippen molar-refractivity contribution >= 4 is 22.9 Å². The Balaban J connectivity index is 3.22. The van der Waals surface area contributed by atoms with Crippen molar-refractivity contribution in [1.82, 2.24) is 0 Å². The van der Waals surface area contributed by atoms with E-state index in [1.54, 1.807) is 24.3 Å². The summed E-state index contributed by atoms with van der Waals surface area (Å²) in [5.41, 5.74) is 6.43. The van der Waals surface area contributed by atoms with Crippen molar-refractivity contribution in [2.45, 2.75) is 0 Å². The van der Waals surface area contributed by atoms with Gasteiger partial charge in [0.25, 0.3) is 0 Å². The zero-order valence-corrected chi connectivity index (χ0v) is 7.08. The summed E-state index contributed by atoms with van der Waals surface area (Å²) in [6, 6.07) is 7.01. The van der Waals surface area contributed by atoms with Crippen molar-refractivity contribution in [3.63, 3.8) is 0 Å². The van der Waals surface area contributed by atoms with Crippen LogP contribution < -0.4 is 5.73 Å². The molecule has 0 aromatic heterocycles. The van der Waals surface area contributed by atoms with Crippen LogP contribution in [-0.2, 0) is 0 Å². The molecule has 1 rings (SSSR count). The van der Waals surface area contributed by atoms with E-state index in [1.807, 2.05) is 0 Å². The van der Waals surface area contributed by atoms with Gasteiger partial charge in [-0.3, -0.25) is 4.79 Å². The van der Waals surface area contributed by atoms with Crippen molar-refractivity contribution < 1.29 is 4.79 Å². The van der Waals surface area contributed by atoms with Crippen LogP contribution in [0.3, 0.4) is 0 Å². The van der Waals surface area contributed by atoms with E-state index in [9.17, 15) is 4.79 Å². The number of carbonyl (C=O) groups excluding carboxylic acids is 1. The summed E-state index contributed by atoms with van der Waals surface area (Å²) in [6.45, 7) is 0. The molecule has 0 aliphatic heterocycles. The van der Waals surface area contributed by atoms with E-state index >= 15 is 0 Å². The first-order valence-corrected chi connectivity index (χ1v) is 3.79. The molecule has 1 aromatic carbocycles. The first-order chi connectivity index (χ1) is 5.79. The number of halogens is 1. The SMILES string of the molecule is N/C=C(/Cl)c1ccccc1C=O. The minimum absolute atomic E-state index is 0.387. The van der Waals surface area contributed by atoms with Crippen molar-refractivity contribution in [2.75, 3.05) is 0 Å². The Morgan fingerprint density at radius 3 is 2.67 bits per heavy atom. The molecule has 2 N–H and O–H groups in total. The van der Waals surface area contributed by atoms with Gasteiger partial charge in [0.05, 0.1) is 5.03 Å². The van der Waals surface area contributed by atoms with Crippen LogP contribution in [0.5, 0.6) is 0 Å². The number of aldehydes is 1. The molecular weight excluding hydrogens is 174 g/mol. The standard InChI is InChI=1S/C9H8ClNO/c10-9(5-11)8-4-2-1-3-7(8)6-12/h1-6H,11H2/b9-5+. The van der Waals surface area contributed by atoms with Gasteiger partial charge in [0.15, 0.2) is 6.29 Å². The molecule has 0 saturated carbocycles. The van der Waals surface area contributed by atoms with Gasteiger partial charge < -0.3 is 5.73 Å². The lowest BCUT2D eigenvalue weighted by Gasteiger charge is -2.00. The average molecular weight is 182 g/mol. The van der Waals surface area contributed by atoms with Crippen LogP contribution in [0.1, 0.15) is 15.9 Å². The maximum absolute atomic E-state index is 10.5. The zero-order chi connectivity index (χ0) is 8.97. The molecule has 0 unspecified atom stereocenters. The first-order valence-electron chi connectivity index (χ1n) is 3.41. The topological polar surface area (TPSA) is 43.1 Å². The molecule has 0 fully saturated rings. The van der Waals surface area contributed by atoms with E-state index in [2.05, 4.69) is 0 Å². The molecule has 0 aliphatic carbocycles. The van der Waals surface area contributed by atoms with Gasteiger partial charge in [-0.2, -0.15) is 0 Å². The predicted octanol–water partition coefficient (Wildman–Crippen LogP) is 2.00. The summed E-state index contributed by atoms with van der Waals surface area (Å²) >= 11 is 5.75. The minimum Gasteiger partial charge on any atom is -0.403 e. The first kappa shape index (κ1) is 8.81. The highest BCUT2D eigenvalue weighted by Gasteiger charge is 2.02. The summed E-state index contributed by atoms with van der Waals surface area (Å²) in [7, 11) is 0. The summed E-state index contributed by atoms with van der Waals surface area (Å²) in [4.78, 5) is 10.5. The highest BCUT2D eigenvalue weighted by Crippen LogP contribution is 2.20. The Morgan fingerprint density at radius 1 is 1.42 bits per heavy atom. The molecule has 0 radical (unpaired) electrons. The molecule has 0 spiro atoms. The van der Waals surface area contributed by atoms with Gasteiger partial charge >= 0.3 is 0 Å². The third-order valence-electron chi connectivity index (χ3n) is 1.49. The molecular formula is C9H8ClNO. The van der Waals surface area contributed by atoms with Crippen LogP contribution in [0.25, 0.3) is 5.03 Å². The highest BCUT2D eigenvalue weighted by molar-refractivity contribution is 6.49. The van der Waals surface area contributed by atoms with Gasteiger partial charge in [0.1, 0.15) is 0 Å². The molecule has 12 heavy (non-hydrogen) atoms. The van der Waals surface area contributed by atoms with Gasteiger partial charge in [0.2, 0.25) is 0 Å². The van der Waals surface area contributed by atoms with Crippen molar-refractivity contribution in [3.8, 4) is 0 Å². The van der Waals surface area contributed by atoms with Crippen molar-refractivity contribution in [2.24, 2.45) is 5.73 Å². The fraction of sp³-hybridized carbons (Fsp3) is 0. The Hall–Kier alpha value is -1.28. The van der Waals surface area contributed by atoms with E-state index in [0.29, 0.717) is 16.2 Å². The summed E-state index contributed by atoms with van der Waals surface area (Å²) in [5, 5.41) is 0.387. The van der Waals surface area contributed by atoms with Crippen LogP contribution in [-0.4, -0.2) is 6.29 Å². The van der Waals surface area contributed by atoms with Gasteiger partial charge in [-0.05, 0) is 0 Å². The maximum Gasteiger partial charge on any atom is 0.150 e. The second-order valence-electron chi connectivity index (χ2n) is 2.22. The zero-order valence-electron chi connectivity index (χ0n) is 6.33. The number of carbonyl (C=O) groups is 1. The Kier molecular flexibility index (Phi) is 2.88. The fourth-order valence-electron chi connectivity index (χ4n) is 0.907. The van der Waals surface area contributed by atoms with E-state index in [0.717, 1.165) is 6.29 Å². The fourth-order valence-corrected chi connectivity index (χ4v) is 1.08. The highest BCUT2D eigenvalue weighted by atomic mass is 35.5. The summed E-state index contributed by atoms with van der Waals surface area (Å²) < 4.78 is 0. The quantitative estimate of drug-likeness (QED) is 0.710. The second-order valence-corrected chi connectivity index (χ2v) is 2.63. The Bertz CT molecular complexity index is 320. The number of benzene rings is 1. The number of nitrogens with two attached hydrogens (primary N) is 1. The Labute approximate surface area is 75.6 Å². The van der Waals surface area contributed by atoms with Crippen LogP contribution in [0.15, 0.2) is 30.5 Å². The van der Waals surface area contributed by atoms with Crippen LogP contribution in [0.4, 0.5) is 0 Å². The molecule has 0 saturated heterocycles. The van der Waals surface area contributed by atoms with Gasteiger partial charge in [0, 0.05) is 17.3 Å². The maximum atomic E-state index is 10.5. The third kappa shape index (κ3) is 1.66. The smallest absolute Gasteiger partial charge is 0.150 e. The van der Waals surface area contributed by atoms with Crippen LogP contribution >= 0.6 is 11.6 Å². The molecule has 0 heterocycles. The van der Waals surface area contributed by atoms with Gasteiger partial charge in [-0.25, -0.2) is 0 Å². The van der Waals surface area contributed by atoms with Crippen LogP contribution in [0, 0.1) is 0 Å². The number of rotatable bonds is 2. The van der Waals surface area contributed by atoms with Gasteiger partial charge in [-0.15, -0.1) is 0 Å². The van der Waals surface area contributed by atoms with Gasteiger partial charge in [-0.1, -0.05) is 35.9 Å². The molecule has 62 valence electrons. The molecule has 0 bridgehead atoms. The molecule has 2 nitrogen and oxygen atoms in total. The predicted molar refractivity (Wildman–Crippen MR) is 49.8 cm³/mol. The van der Waals surface area contributed by atoms with E-state index < -0.39 is 0 Å². The summed E-state index contributed by atoms with van der Waals surface area (Å²) in [5.74, 6) is 0. The number of hydrogen-bond donors (Lipinski definition) is 1. The minimum atomic E-state index is 0.387. The summed E-state index contributed by atoms with van der Waals surface area (Å²) in [6.07, 6.45) is 2.02. The van der Waals surface area contributed by atoms with E-state index in [1.165, 1.54) is 6.20 Å². The Morgan fingerprint density at radius 2 is 2.08 bits per heavy atom. The lowest BCUT2D eigenvalue weighted by atomic mass is 10.1. The van der Waals surface area contributed by atoms with Crippen LogP contribution in [0.2, 0.25) is 0 Å². The third-order valence-corrected chi connectivity index (χ3v) is 1.82. The molecule has 3 heteroatoms. The van der Waals surface area contributed by atoms with Crippen molar-refractivity contribution in [3.05, 3.63) is 41.6 Å². The molecule has 0 amide bonds. The second kappa shape index (κ2) is 3.93. The largest absolute Gasteiger partial charge is 0.403 e.